The van der Waals surface area contributed by atoms with E-state index in [1.807, 2.05) is 6.07 Å². The summed E-state index contributed by atoms with van der Waals surface area (Å²) in [6, 6.07) is 6.43. The van der Waals surface area contributed by atoms with Crippen molar-refractivity contribution < 1.29 is 5.11 Å². The third-order valence-electron chi connectivity index (χ3n) is 7.36. The first kappa shape index (κ1) is 19.8. The van der Waals surface area contributed by atoms with E-state index >= 15 is 0 Å². The van der Waals surface area contributed by atoms with Crippen LogP contribution in [0.2, 0.25) is 0 Å². The molecule has 1 aromatic rings. The van der Waals surface area contributed by atoms with Crippen molar-refractivity contribution in [1.29, 1.82) is 0 Å². The lowest BCUT2D eigenvalue weighted by Gasteiger charge is -2.11. The van der Waals surface area contributed by atoms with Crippen LogP contribution in [0.3, 0.4) is 0 Å². The summed E-state index contributed by atoms with van der Waals surface area (Å²) in [5.74, 6) is 0.527. The second-order valence-electron chi connectivity index (χ2n) is 9.75. The molecule has 0 aromatic heterocycles. The molecule has 0 amide bonds. The van der Waals surface area contributed by atoms with Crippen molar-refractivity contribution in [2.75, 3.05) is 0 Å². The molecule has 0 unspecified atom stereocenters. The summed E-state index contributed by atoms with van der Waals surface area (Å²) in [5, 5.41) is 10.3. The first-order valence-electron chi connectivity index (χ1n) is 11.4. The van der Waals surface area contributed by atoms with Gasteiger partial charge in [-0.15, -0.1) is 0 Å². The lowest BCUT2D eigenvalue weighted by atomic mass is 9.94. The van der Waals surface area contributed by atoms with Crippen molar-refractivity contribution in [1.82, 2.24) is 0 Å². The summed E-state index contributed by atoms with van der Waals surface area (Å²) in [5.41, 5.74) is 3.88. The van der Waals surface area contributed by atoms with E-state index in [1.54, 1.807) is 0 Å². The average molecular weight is 357 g/mol. The fraction of sp³-hybridized carbons (Fsp3) is 0.760. The van der Waals surface area contributed by atoms with Crippen LogP contribution in [-0.2, 0) is 12.8 Å². The number of benzene rings is 1. The molecule has 3 rings (SSSR count). The molecule has 2 fully saturated rings. The molecule has 0 atom stereocenters. The average Bonchev–Trinajstić information content (AvgIpc) is 3.55. The fourth-order valence-electron chi connectivity index (χ4n) is 4.45. The van der Waals surface area contributed by atoms with Crippen LogP contribution in [0.25, 0.3) is 0 Å². The highest BCUT2D eigenvalue weighted by Crippen LogP contribution is 2.52. The largest absolute Gasteiger partial charge is 0.508 e. The molecular formula is C25H40O. The standard InChI is InChI=1S/C25H40O/c1-3-25(18-19-25)15-8-5-4-6-10-21-12-13-22(23(26)20-21)11-7-9-14-24(2)16-17-24/h12-13,20,26H,3-11,14-19H2,1-2H3. The Morgan fingerprint density at radius 3 is 2.19 bits per heavy atom. The van der Waals surface area contributed by atoms with Crippen LogP contribution in [0.5, 0.6) is 5.75 Å². The highest BCUT2D eigenvalue weighted by atomic mass is 16.3. The van der Waals surface area contributed by atoms with E-state index in [2.05, 4.69) is 26.0 Å². The second-order valence-corrected chi connectivity index (χ2v) is 9.75. The monoisotopic (exact) mass is 356 g/mol. The van der Waals surface area contributed by atoms with Gasteiger partial charge in [0.15, 0.2) is 0 Å². The zero-order valence-electron chi connectivity index (χ0n) is 17.3. The Morgan fingerprint density at radius 2 is 1.54 bits per heavy atom. The zero-order chi connectivity index (χ0) is 18.5. The van der Waals surface area contributed by atoms with Crippen LogP contribution in [0, 0.1) is 10.8 Å². The van der Waals surface area contributed by atoms with Gasteiger partial charge in [-0.3, -0.25) is 0 Å². The molecule has 1 nitrogen and oxygen atoms in total. The first-order valence-corrected chi connectivity index (χ1v) is 11.4. The molecule has 0 aliphatic heterocycles. The molecule has 0 heterocycles. The van der Waals surface area contributed by atoms with Gasteiger partial charge >= 0.3 is 0 Å². The number of hydrogen-bond donors (Lipinski definition) is 1. The number of hydrogen-bond acceptors (Lipinski definition) is 1. The van der Waals surface area contributed by atoms with Gasteiger partial charge in [0.2, 0.25) is 0 Å². The minimum absolute atomic E-state index is 0.527. The van der Waals surface area contributed by atoms with E-state index < -0.39 is 0 Å². The van der Waals surface area contributed by atoms with E-state index in [-0.39, 0.29) is 0 Å². The van der Waals surface area contributed by atoms with Crippen LogP contribution in [0.1, 0.15) is 108 Å². The van der Waals surface area contributed by atoms with Crippen LogP contribution in [-0.4, -0.2) is 5.11 Å². The lowest BCUT2D eigenvalue weighted by molar-refractivity contribution is 0.420. The minimum atomic E-state index is 0.527. The topological polar surface area (TPSA) is 20.2 Å². The maximum absolute atomic E-state index is 10.3. The van der Waals surface area contributed by atoms with E-state index in [0.717, 1.165) is 23.8 Å². The number of phenolic OH excluding ortho intramolecular Hbond substituents is 1. The number of rotatable bonds is 13. The van der Waals surface area contributed by atoms with Gasteiger partial charge < -0.3 is 5.11 Å². The summed E-state index contributed by atoms with van der Waals surface area (Å²) in [7, 11) is 0. The maximum atomic E-state index is 10.3. The fourth-order valence-corrected chi connectivity index (χ4v) is 4.45. The SMILES string of the molecule is CCC1(CCCCCCc2ccc(CCCCC3(C)CC3)c(O)c2)CC1. The van der Waals surface area contributed by atoms with E-state index in [4.69, 9.17) is 0 Å². The Hall–Kier alpha value is -0.980. The summed E-state index contributed by atoms with van der Waals surface area (Å²) < 4.78 is 0. The summed E-state index contributed by atoms with van der Waals surface area (Å²) in [6.07, 6.45) is 20.1. The third-order valence-corrected chi connectivity index (χ3v) is 7.36. The molecule has 26 heavy (non-hydrogen) atoms. The van der Waals surface area contributed by atoms with E-state index in [0.29, 0.717) is 11.2 Å². The minimum Gasteiger partial charge on any atom is -0.508 e. The zero-order valence-corrected chi connectivity index (χ0v) is 17.3. The number of phenols is 1. The molecule has 1 aromatic carbocycles. The van der Waals surface area contributed by atoms with Crippen molar-refractivity contribution in [3.63, 3.8) is 0 Å². The quantitative estimate of drug-likeness (QED) is 0.361. The Labute approximate surface area is 161 Å². The van der Waals surface area contributed by atoms with Gasteiger partial charge in [0, 0.05) is 0 Å². The molecular weight excluding hydrogens is 316 g/mol. The van der Waals surface area contributed by atoms with E-state index in [1.165, 1.54) is 89.0 Å². The highest BCUT2D eigenvalue weighted by molar-refractivity contribution is 5.36. The van der Waals surface area contributed by atoms with Gasteiger partial charge in [0.1, 0.15) is 5.75 Å². The Bertz CT molecular complexity index is 566. The van der Waals surface area contributed by atoms with Crippen molar-refractivity contribution in [2.45, 2.75) is 110 Å². The number of aromatic hydroxyl groups is 1. The van der Waals surface area contributed by atoms with Crippen molar-refractivity contribution in [3.8, 4) is 5.75 Å². The molecule has 2 saturated carbocycles. The molecule has 146 valence electrons. The van der Waals surface area contributed by atoms with Gasteiger partial charge in [-0.2, -0.15) is 0 Å². The van der Waals surface area contributed by atoms with E-state index in [9.17, 15) is 5.11 Å². The number of unbranched alkanes of at least 4 members (excludes halogenated alkanes) is 4. The third kappa shape index (κ3) is 6.03. The summed E-state index contributed by atoms with van der Waals surface area (Å²) in [4.78, 5) is 0. The van der Waals surface area contributed by atoms with Gasteiger partial charge in [-0.1, -0.05) is 58.1 Å². The van der Waals surface area contributed by atoms with Crippen LogP contribution in [0.4, 0.5) is 0 Å². The van der Waals surface area contributed by atoms with Crippen molar-refractivity contribution in [2.24, 2.45) is 10.8 Å². The molecule has 2 aliphatic rings. The molecule has 0 radical (unpaired) electrons. The number of aryl methyl sites for hydroxylation is 2. The van der Waals surface area contributed by atoms with Crippen molar-refractivity contribution >= 4 is 0 Å². The summed E-state index contributed by atoms with van der Waals surface area (Å²) >= 11 is 0. The van der Waals surface area contributed by atoms with Gasteiger partial charge in [0.25, 0.3) is 0 Å². The maximum Gasteiger partial charge on any atom is 0.119 e. The molecule has 1 N–H and O–H groups in total. The van der Waals surface area contributed by atoms with Crippen LogP contribution < -0.4 is 0 Å². The molecule has 2 aliphatic carbocycles. The Balaban J connectivity index is 1.28. The van der Waals surface area contributed by atoms with Crippen LogP contribution >= 0.6 is 0 Å². The molecule has 0 saturated heterocycles. The van der Waals surface area contributed by atoms with Crippen LogP contribution in [0.15, 0.2) is 18.2 Å². The Kier molecular flexibility index (Phi) is 6.70. The predicted molar refractivity (Wildman–Crippen MR) is 112 cm³/mol. The molecule has 0 bridgehead atoms. The van der Waals surface area contributed by atoms with Gasteiger partial charge in [-0.05, 0) is 92.2 Å². The smallest absolute Gasteiger partial charge is 0.119 e. The lowest BCUT2D eigenvalue weighted by Crippen LogP contribution is -1.97. The molecule has 0 spiro atoms. The normalized spacial score (nSPS) is 19.5. The summed E-state index contributed by atoms with van der Waals surface area (Å²) in [6.45, 7) is 4.77. The van der Waals surface area contributed by atoms with Gasteiger partial charge in [-0.25, -0.2) is 0 Å². The van der Waals surface area contributed by atoms with Gasteiger partial charge in [0.05, 0.1) is 0 Å². The predicted octanol–water partition coefficient (Wildman–Crippen LogP) is 7.59. The second kappa shape index (κ2) is 8.81. The molecule has 1 heteroatoms. The highest BCUT2D eigenvalue weighted by Gasteiger charge is 2.39. The first-order chi connectivity index (χ1) is 12.5. The Morgan fingerprint density at radius 1 is 0.846 bits per heavy atom. The van der Waals surface area contributed by atoms with Crippen molar-refractivity contribution in [3.05, 3.63) is 29.3 Å².